The fraction of sp³-hybridized carbons (Fsp3) is 0.278. The molecule has 2 aromatic rings. The second-order valence-corrected chi connectivity index (χ2v) is 6.01. The molecule has 24 heavy (non-hydrogen) atoms. The number of halogens is 2. The molecule has 4 nitrogen and oxygen atoms in total. The first-order valence-electron chi connectivity index (χ1n) is 7.27. The second-order valence-electron chi connectivity index (χ2n) is 5.09. The molecule has 0 spiro atoms. The molecule has 0 unspecified atom stereocenters. The average Bonchev–Trinajstić information content (AvgIpc) is 2.58. The van der Waals surface area contributed by atoms with Crippen LogP contribution < -0.4 is 9.47 Å². The summed E-state index contributed by atoms with van der Waals surface area (Å²) in [4.78, 5) is 11.9. The predicted octanol–water partition coefficient (Wildman–Crippen LogP) is 4.18. The monoisotopic (exact) mass is 396 g/mol. The van der Waals surface area contributed by atoms with Crippen molar-refractivity contribution in [3.63, 3.8) is 0 Å². The number of carbonyl (C=O) groups excluding carboxylic acids is 1. The molecule has 2 rings (SSSR count). The Morgan fingerprint density at radius 3 is 2.38 bits per heavy atom. The van der Waals surface area contributed by atoms with Crippen molar-refractivity contribution in [3.8, 4) is 11.5 Å². The van der Waals surface area contributed by atoms with Gasteiger partial charge in [-0.05, 0) is 42.2 Å². The molecule has 0 N–H and O–H groups in total. The molecule has 0 saturated carbocycles. The number of hydrogen-bond donors (Lipinski definition) is 0. The van der Waals surface area contributed by atoms with E-state index in [9.17, 15) is 9.18 Å². The molecule has 0 aliphatic carbocycles. The van der Waals surface area contributed by atoms with Gasteiger partial charge in [0.25, 0.3) is 0 Å². The van der Waals surface area contributed by atoms with Gasteiger partial charge in [0.2, 0.25) is 0 Å². The van der Waals surface area contributed by atoms with E-state index in [1.807, 2.05) is 12.1 Å². The van der Waals surface area contributed by atoms with Crippen molar-refractivity contribution in [2.24, 2.45) is 0 Å². The maximum absolute atomic E-state index is 14.1. The highest BCUT2D eigenvalue weighted by atomic mass is 79.9. The lowest BCUT2D eigenvalue weighted by molar-refractivity contribution is 0.0594. The van der Waals surface area contributed by atoms with Crippen LogP contribution in [0.4, 0.5) is 4.39 Å². The number of benzene rings is 2. The van der Waals surface area contributed by atoms with Crippen molar-refractivity contribution >= 4 is 21.9 Å². The fourth-order valence-electron chi connectivity index (χ4n) is 2.48. The largest absolute Gasteiger partial charge is 0.497 e. The number of carbonyl (C=O) groups is 1. The number of methoxy groups -OCH3 is 3. The molecule has 0 radical (unpaired) electrons. The first-order chi connectivity index (χ1) is 11.5. The van der Waals surface area contributed by atoms with Crippen molar-refractivity contribution in [2.45, 2.75) is 12.8 Å². The van der Waals surface area contributed by atoms with Gasteiger partial charge in [0, 0.05) is 10.5 Å². The van der Waals surface area contributed by atoms with Crippen LogP contribution in [-0.4, -0.2) is 27.3 Å². The SMILES string of the molecule is COC(=O)c1c(F)cc(Br)cc1CCc1ccc(OC)cc1OC. The third-order valence-electron chi connectivity index (χ3n) is 3.68. The average molecular weight is 397 g/mol. The zero-order valence-corrected chi connectivity index (χ0v) is 15.3. The number of hydrogen-bond acceptors (Lipinski definition) is 4. The molecule has 2 aromatic carbocycles. The molecule has 0 fully saturated rings. The minimum Gasteiger partial charge on any atom is -0.497 e. The highest BCUT2D eigenvalue weighted by Crippen LogP contribution is 2.28. The Balaban J connectivity index is 2.31. The Morgan fingerprint density at radius 2 is 1.75 bits per heavy atom. The lowest BCUT2D eigenvalue weighted by Crippen LogP contribution is -2.10. The van der Waals surface area contributed by atoms with Crippen LogP contribution in [0.25, 0.3) is 0 Å². The third kappa shape index (κ3) is 4.06. The van der Waals surface area contributed by atoms with Crippen LogP contribution >= 0.6 is 15.9 Å². The number of ether oxygens (including phenoxy) is 3. The van der Waals surface area contributed by atoms with Gasteiger partial charge in [0.1, 0.15) is 17.3 Å². The highest BCUT2D eigenvalue weighted by Gasteiger charge is 2.19. The smallest absolute Gasteiger partial charge is 0.341 e. The predicted molar refractivity (Wildman–Crippen MR) is 92.4 cm³/mol. The topological polar surface area (TPSA) is 44.8 Å². The van der Waals surface area contributed by atoms with E-state index in [1.165, 1.54) is 13.2 Å². The van der Waals surface area contributed by atoms with Gasteiger partial charge in [-0.25, -0.2) is 9.18 Å². The Labute approximate surface area is 148 Å². The molecule has 0 bridgehead atoms. The molecule has 0 heterocycles. The molecular weight excluding hydrogens is 379 g/mol. The van der Waals surface area contributed by atoms with E-state index < -0.39 is 11.8 Å². The van der Waals surface area contributed by atoms with Crippen LogP contribution in [0, 0.1) is 5.82 Å². The molecule has 0 amide bonds. The first kappa shape index (κ1) is 18.3. The molecule has 128 valence electrons. The minimum atomic E-state index is -0.684. The number of aryl methyl sites for hydroxylation is 2. The van der Waals surface area contributed by atoms with Gasteiger partial charge in [-0.1, -0.05) is 22.0 Å². The van der Waals surface area contributed by atoms with Gasteiger partial charge >= 0.3 is 5.97 Å². The Morgan fingerprint density at radius 1 is 1.04 bits per heavy atom. The van der Waals surface area contributed by atoms with E-state index in [0.717, 1.165) is 5.56 Å². The van der Waals surface area contributed by atoms with E-state index >= 15 is 0 Å². The van der Waals surface area contributed by atoms with Crippen LogP contribution in [0.1, 0.15) is 21.5 Å². The molecular formula is C18H18BrFO4. The molecule has 0 atom stereocenters. The Hall–Kier alpha value is -2.08. The lowest BCUT2D eigenvalue weighted by Gasteiger charge is -2.13. The quantitative estimate of drug-likeness (QED) is 0.687. The van der Waals surface area contributed by atoms with E-state index in [-0.39, 0.29) is 5.56 Å². The summed E-state index contributed by atoms with van der Waals surface area (Å²) in [6, 6.07) is 8.50. The van der Waals surface area contributed by atoms with Gasteiger partial charge in [0.15, 0.2) is 0 Å². The minimum absolute atomic E-state index is 0.0341. The molecule has 0 aliphatic heterocycles. The third-order valence-corrected chi connectivity index (χ3v) is 4.14. The second kappa shape index (κ2) is 8.15. The summed E-state index contributed by atoms with van der Waals surface area (Å²) in [6.45, 7) is 0. The molecule has 0 aromatic heterocycles. The summed E-state index contributed by atoms with van der Waals surface area (Å²) < 4.78 is 30.0. The van der Waals surface area contributed by atoms with E-state index in [0.29, 0.717) is 34.4 Å². The summed E-state index contributed by atoms with van der Waals surface area (Å²) in [5.74, 6) is 0.0911. The van der Waals surface area contributed by atoms with E-state index in [2.05, 4.69) is 20.7 Å². The lowest BCUT2D eigenvalue weighted by atomic mass is 9.98. The van der Waals surface area contributed by atoms with Gasteiger partial charge in [-0.2, -0.15) is 0 Å². The van der Waals surface area contributed by atoms with Gasteiger partial charge in [-0.3, -0.25) is 0 Å². The summed E-state index contributed by atoms with van der Waals surface area (Å²) in [7, 11) is 4.40. The van der Waals surface area contributed by atoms with Crippen molar-refractivity contribution in [3.05, 3.63) is 57.3 Å². The maximum Gasteiger partial charge on any atom is 0.341 e. The van der Waals surface area contributed by atoms with Gasteiger partial charge in [0.05, 0.1) is 26.9 Å². The molecule has 0 aliphatic rings. The zero-order chi connectivity index (χ0) is 17.7. The van der Waals surface area contributed by atoms with Crippen molar-refractivity contribution in [1.29, 1.82) is 0 Å². The molecule has 6 heteroatoms. The normalized spacial score (nSPS) is 10.4. The van der Waals surface area contributed by atoms with Crippen LogP contribution in [0.15, 0.2) is 34.8 Å². The van der Waals surface area contributed by atoms with Crippen molar-refractivity contribution in [1.82, 2.24) is 0 Å². The van der Waals surface area contributed by atoms with Crippen molar-refractivity contribution in [2.75, 3.05) is 21.3 Å². The maximum atomic E-state index is 14.1. The standard InChI is InChI=1S/C18H18BrFO4/c1-22-14-7-6-11(16(10-14)23-2)4-5-12-8-13(19)9-15(20)17(12)18(21)24-3/h6-10H,4-5H2,1-3H3. The van der Waals surface area contributed by atoms with E-state index in [1.54, 1.807) is 26.4 Å². The summed E-state index contributed by atoms with van der Waals surface area (Å²) in [6.07, 6.45) is 1.04. The van der Waals surface area contributed by atoms with Crippen LogP contribution in [0.5, 0.6) is 11.5 Å². The summed E-state index contributed by atoms with van der Waals surface area (Å²) in [5, 5.41) is 0. The highest BCUT2D eigenvalue weighted by molar-refractivity contribution is 9.10. The van der Waals surface area contributed by atoms with Gasteiger partial charge in [-0.15, -0.1) is 0 Å². The molecule has 0 saturated heterocycles. The summed E-state index contributed by atoms with van der Waals surface area (Å²) >= 11 is 3.26. The number of esters is 1. The van der Waals surface area contributed by atoms with Crippen LogP contribution in [0.3, 0.4) is 0 Å². The van der Waals surface area contributed by atoms with Crippen molar-refractivity contribution < 1.29 is 23.4 Å². The fourth-order valence-corrected chi connectivity index (χ4v) is 2.96. The zero-order valence-electron chi connectivity index (χ0n) is 13.7. The Kier molecular flexibility index (Phi) is 6.20. The first-order valence-corrected chi connectivity index (χ1v) is 8.06. The Bertz CT molecular complexity index is 746. The van der Waals surface area contributed by atoms with E-state index in [4.69, 9.17) is 9.47 Å². The van der Waals surface area contributed by atoms with Crippen LogP contribution in [0.2, 0.25) is 0 Å². The van der Waals surface area contributed by atoms with Gasteiger partial charge < -0.3 is 14.2 Å². The number of rotatable bonds is 6. The van der Waals surface area contributed by atoms with Crippen LogP contribution in [-0.2, 0) is 17.6 Å². The summed E-state index contributed by atoms with van der Waals surface area (Å²) in [5.41, 5.74) is 1.48.